The summed E-state index contributed by atoms with van der Waals surface area (Å²) in [6.07, 6.45) is 1.21. The summed E-state index contributed by atoms with van der Waals surface area (Å²) < 4.78 is 0. The molecule has 1 unspecified atom stereocenters. The van der Waals surface area contributed by atoms with Gasteiger partial charge in [-0.1, -0.05) is 32.9 Å². The molecule has 2 rings (SSSR count). The predicted molar refractivity (Wildman–Crippen MR) is 84.2 cm³/mol. The van der Waals surface area contributed by atoms with Crippen LogP contribution in [0.5, 0.6) is 0 Å². The summed E-state index contributed by atoms with van der Waals surface area (Å²) in [5.41, 5.74) is 3.64. The van der Waals surface area contributed by atoms with Gasteiger partial charge in [-0.2, -0.15) is 0 Å². The van der Waals surface area contributed by atoms with Gasteiger partial charge in [0.05, 0.1) is 6.54 Å². The zero-order chi connectivity index (χ0) is 14.9. The minimum atomic E-state index is 0.252. The highest BCUT2D eigenvalue weighted by atomic mass is 16.1. The Kier molecular flexibility index (Phi) is 4.33. The van der Waals surface area contributed by atoms with Crippen molar-refractivity contribution < 1.29 is 4.79 Å². The van der Waals surface area contributed by atoms with Gasteiger partial charge in [-0.25, -0.2) is 0 Å². The number of carbonyl (C=O) groups is 1. The standard InChI is InChI=1S/C18H27NO/c1-13-6-7-15(10-14(13)2)17(20)12-19-9-8-16(11-19)18(3,4)5/h6-7,10,16H,8-9,11-12H2,1-5H3. The molecule has 1 fully saturated rings. The lowest BCUT2D eigenvalue weighted by Crippen LogP contribution is -2.30. The van der Waals surface area contributed by atoms with E-state index in [1.54, 1.807) is 0 Å². The number of ketones is 1. The fraction of sp³-hybridized carbons (Fsp3) is 0.611. The maximum Gasteiger partial charge on any atom is 0.176 e. The van der Waals surface area contributed by atoms with Gasteiger partial charge < -0.3 is 0 Å². The minimum Gasteiger partial charge on any atom is -0.295 e. The quantitative estimate of drug-likeness (QED) is 0.780. The monoisotopic (exact) mass is 273 g/mol. The van der Waals surface area contributed by atoms with E-state index in [1.165, 1.54) is 17.5 Å². The van der Waals surface area contributed by atoms with E-state index in [2.05, 4.69) is 39.5 Å². The first-order chi connectivity index (χ1) is 9.27. The van der Waals surface area contributed by atoms with E-state index in [0.29, 0.717) is 17.9 Å². The summed E-state index contributed by atoms with van der Waals surface area (Å²) in [4.78, 5) is 14.7. The SMILES string of the molecule is Cc1ccc(C(=O)CN2CCC(C(C)(C)C)C2)cc1C. The van der Waals surface area contributed by atoms with Crippen molar-refractivity contribution in [1.82, 2.24) is 4.90 Å². The Bertz CT molecular complexity index is 499. The molecule has 110 valence electrons. The van der Waals surface area contributed by atoms with E-state index in [9.17, 15) is 4.79 Å². The third kappa shape index (κ3) is 3.49. The summed E-state index contributed by atoms with van der Waals surface area (Å²) in [7, 11) is 0. The molecule has 1 heterocycles. The van der Waals surface area contributed by atoms with Gasteiger partial charge in [0.25, 0.3) is 0 Å². The highest BCUT2D eigenvalue weighted by Crippen LogP contribution is 2.33. The first-order valence-corrected chi connectivity index (χ1v) is 7.60. The summed E-state index contributed by atoms with van der Waals surface area (Å²) in [5.74, 6) is 0.956. The number of rotatable bonds is 3. The molecule has 1 atom stereocenters. The summed E-state index contributed by atoms with van der Waals surface area (Å²) in [6.45, 7) is 13.7. The normalized spacial score (nSPS) is 20.4. The number of carbonyl (C=O) groups excluding carboxylic acids is 1. The first kappa shape index (κ1) is 15.2. The van der Waals surface area contributed by atoms with Gasteiger partial charge >= 0.3 is 0 Å². The maximum atomic E-state index is 12.4. The minimum absolute atomic E-state index is 0.252. The van der Waals surface area contributed by atoms with Crippen molar-refractivity contribution >= 4 is 5.78 Å². The second kappa shape index (κ2) is 5.69. The van der Waals surface area contributed by atoms with Gasteiger partial charge in [-0.05, 0) is 55.3 Å². The lowest BCUT2D eigenvalue weighted by Gasteiger charge is -2.27. The molecule has 1 aromatic rings. The molecule has 20 heavy (non-hydrogen) atoms. The van der Waals surface area contributed by atoms with Crippen LogP contribution in [0.25, 0.3) is 0 Å². The highest BCUT2D eigenvalue weighted by Gasteiger charge is 2.32. The molecule has 0 aliphatic carbocycles. The number of hydrogen-bond donors (Lipinski definition) is 0. The highest BCUT2D eigenvalue weighted by molar-refractivity contribution is 5.97. The first-order valence-electron chi connectivity index (χ1n) is 7.60. The molecule has 0 amide bonds. The van der Waals surface area contributed by atoms with Gasteiger partial charge in [0.2, 0.25) is 0 Å². The third-order valence-electron chi connectivity index (χ3n) is 4.69. The van der Waals surface area contributed by atoms with E-state index in [-0.39, 0.29) is 5.78 Å². The number of benzene rings is 1. The Morgan fingerprint density at radius 3 is 2.50 bits per heavy atom. The van der Waals surface area contributed by atoms with Crippen LogP contribution in [0.2, 0.25) is 0 Å². The fourth-order valence-corrected chi connectivity index (χ4v) is 2.89. The van der Waals surface area contributed by atoms with E-state index in [0.717, 1.165) is 18.7 Å². The van der Waals surface area contributed by atoms with Crippen molar-refractivity contribution in [2.45, 2.75) is 41.0 Å². The van der Waals surface area contributed by atoms with Gasteiger partial charge in [0.15, 0.2) is 5.78 Å². The lowest BCUT2D eigenvalue weighted by atomic mass is 9.80. The van der Waals surface area contributed by atoms with Crippen molar-refractivity contribution in [2.24, 2.45) is 11.3 Å². The van der Waals surface area contributed by atoms with Crippen molar-refractivity contribution in [3.05, 3.63) is 34.9 Å². The Labute approximate surface area is 123 Å². The predicted octanol–water partition coefficient (Wildman–Crippen LogP) is 3.85. The molecule has 0 N–H and O–H groups in total. The molecule has 0 aromatic heterocycles. The van der Waals surface area contributed by atoms with Gasteiger partial charge in [-0.15, -0.1) is 0 Å². The fourth-order valence-electron chi connectivity index (χ4n) is 2.89. The molecule has 0 spiro atoms. The number of hydrogen-bond acceptors (Lipinski definition) is 2. The molecular weight excluding hydrogens is 246 g/mol. The molecule has 1 aliphatic rings. The van der Waals surface area contributed by atoms with Gasteiger partial charge in [0, 0.05) is 12.1 Å². The summed E-state index contributed by atoms with van der Waals surface area (Å²) in [5, 5.41) is 0. The molecule has 1 aromatic carbocycles. The van der Waals surface area contributed by atoms with Crippen LogP contribution in [0.3, 0.4) is 0 Å². The molecule has 1 aliphatic heterocycles. The number of Topliss-reactive ketones (excluding diaryl/α,β-unsaturated/α-hetero) is 1. The molecular formula is C18H27NO. The van der Waals surface area contributed by atoms with Crippen LogP contribution >= 0.6 is 0 Å². The van der Waals surface area contributed by atoms with Crippen molar-refractivity contribution in [3.63, 3.8) is 0 Å². The molecule has 2 nitrogen and oxygen atoms in total. The van der Waals surface area contributed by atoms with Crippen LogP contribution < -0.4 is 0 Å². The average Bonchev–Trinajstić information content (AvgIpc) is 2.81. The Balaban J connectivity index is 1.97. The van der Waals surface area contributed by atoms with Crippen LogP contribution in [0, 0.1) is 25.2 Å². The van der Waals surface area contributed by atoms with E-state index in [4.69, 9.17) is 0 Å². The Morgan fingerprint density at radius 1 is 1.25 bits per heavy atom. The zero-order valence-electron chi connectivity index (χ0n) is 13.5. The van der Waals surface area contributed by atoms with Crippen LogP contribution in [0.4, 0.5) is 0 Å². The lowest BCUT2D eigenvalue weighted by molar-refractivity contribution is 0.0938. The van der Waals surface area contributed by atoms with Crippen LogP contribution in [0.1, 0.15) is 48.7 Å². The Hall–Kier alpha value is -1.15. The number of aryl methyl sites for hydroxylation is 2. The van der Waals surface area contributed by atoms with Crippen molar-refractivity contribution in [3.8, 4) is 0 Å². The van der Waals surface area contributed by atoms with E-state index >= 15 is 0 Å². The zero-order valence-corrected chi connectivity index (χ0v) is 13.5. The smallest absolute Gasteiger partial charge is 0.176 e. The summed E-state index contributed by atoms with van der Waals surface area (Å²) >= 11 is 0. The molecule has 0 saturated carbocycles. The molecule has 0 bridgehead atoms. The van der Waals surface area contributed by atoms with Crippen molar-refractivity contribution in [2.75, 3.05) is 19.6 Å². The average molecular weight is 273 g/mol. The van der Waals surface area contributed by atoms with Crippen LogP contribution in [-0.2, 0) is 0 Å². The second-order valence-corrected chi connectivity index (χ2v) is 7.31. The number of nitrogens with zero attached hydrogens (tertiary/aromatic N) is 1. The van der Waals surface area contributed by atoms with Gasteiger partial charge in [0.1, 0.15) is 0 Å². The van der Waals surface area contributed by atoms with E-state index in [1.807, 2.05) is 18.2 Å². The van der Waals surface area contributed by atoms with Gasteiger partial charge in [-0.3, -0.25) is 9.69 Å². The Morgan fingerprint density at radius 2 is 1.95 bits per heavy atom. The second-order valence-electron chi connectivity index (χ2n) is 7.31. The molecule has 2 heteroatoms. The summed E-state index contributed by atoms with van der Waals surface area (Å²) in [6, 6.07) is 6.03. The van der Waals surface area contributed by atoms with Crippen molar-refractivity contribution in [1.29, 1.82) is 0 Å². The van der Waals surface area contributed by atoms with E-state index < -0.39 is 0 Å². The topological polar surface area (TPSA) is 20.3 Å². The largest absolute Gasteiger partial charge is 0.295 e. The molecule has 1 saturated heterocycles. The third-order valence-corrected chi connectivity index (χ3v) is 4.69. The molecule has 0 radical (unpaired) electrons. The maximum absolute atomic E-state index is 12.4. The van der Waals surface area contributed by atoms with Crippen LogP contribution in [0.15, 0.2) is 18.2 Å². The number of likely N-dealkylation sites (tertiary alicyclic amines) is 1. The van der Waals surface area contributed by atoms with Crippen LogP contribution in [-0.4, -0.2) is 30.3 Å².